The summed E-state index contributed by atoms with van der Waals surface area (Å²) in [5, 5.41) is 23.1. The summed E-state index contributed by atoms with van der Waals surface area (Å²) < 4.78 is 4.83. The molecule has 0 atom stereocenters. The van der Waals surface area contributed by atoms with Gasteiger partial charge in [0, 0.05) is 0 Å². The molecule has 9 heteroatoms. The highest BCUT2D eigenvalue weighted by atomic mass is 16.3. The van der Waals surface area contributed by atoms with E-state index in [0.29, 0.717) is 29.6 Å². The Kier molecular flexibility index (Phi) is 4.26. The van der Waals surface area contributed by atoms with Crippen LogP contribution in [0.25, 0.3) is 22.4 Å². The molecule has 0 saturated carbocycles. The van der Waals surface area contributed by atoms with Gasteiger partial charge in [-0.05, 0) is 38.1 Å². The molecule has 4 aromatic rings. The van der Waals surface area contributed by atoms with Crippen molar-refractivity contribution in [1.82, 2.24) is 34.4 Å². The number of para-hydroxylation sites is 1. The Balaban J connectivity index is 1.49. The molecule has 29 heavy (non-hydrogen) atoms. The average Bonchev–Trinajstić information content (AvgIpc) is 3.38. The molecule has 3 aromatic heterocycles. The van der Waals surface area contributed by atoms with Crippen LogP contribution in [-0.4, -0.2) is 52.9 Å². The summed E-state index contributed by atoms with van der Waals surface area (Å²) in [6.45, 7) is 1.71. The Hall–Kier alpha value is -3.30. The van der Waals surface area contributed by atoms with Gasteiger partial charge in [-0.15, -0.1) is 0 Å². The topological polar surface area (TPSA) is 103 Å². The van der Waals surface area contributed by atoms with Crippen LogP contribution in [0.4, 0.5) is 0 Å². The molecule has 1 aliphatic heterocycles. The van der Waals surface area contributed by atoms with Gasteiger partial charge in [-0.25, -0.2) is 14.3 Å². The molecular weight excluding hydrogens is 370 g/mol. The number of rotatable bonds is 4. The molecule has 0 unspecified atom stereocenters. The standard InChI is InChI=1S/C20H21N7O2/c28-19-17-11-24-27(16-10-23-26(12-16)15-4-2-1-3-5-15)18(17)22-14-25(19)13-20(29)6-8-21-9-7-20/h1-5,10-12,14,21,29H,6-9,13H2. The van der Waals surface area contributed by atoms with Crippen LogP contribution >= 0.6 is 0 Å². The highest BCUT2D eigenvalue weighted by Crippen LogP contribution is 2.20. The predicted octanol–water partition coefficient (Wildman–Crippen LogP) is 0.882. The smallest absolute Gasteiger partial charge is 0.264 e. The number of nitrogens with zero attached hydrogens (tertiary/aromatic N) is 6. The van der Waals surface area contributed by atoms with Crippen molar-refractivity contribution < 1.29 is 5.11 Å². The summed E-state index contributed by atoms with van der Waals surface area (Å²) in [6, 6.07) is 9.76. The largest absolute Gasteiger partial charge is 0.388 e. The van der Waals surface area contributed by atoms with Crippen LogP contribution in [0.2, 0.25) is 0 Å². The van der Waals surface area contributed by atoms with Gasteiger partial charge in [0.05, 0.1) is 36.4 Å². The van der Waals surface area contributed by atoms with Gasteiger partial charge in [0.2, 0.25) is 0 Å². The minimum absolute atomic E-state index is 0.205. The minimum atomic E-state index is -0.892. The van der Waals surface area contributed by atoms with Crippen molar-refractivity contribution in [1.29, 1.82) is 0 Å². The van der Waals surface area contributed by atoms with Crippen molar-refractivity contribution >= 4 is 11.0 Å². The maximum atomic E-state index is 12.9. The van der Waals surface area contributed by atoms with Crippen LogP contribution in [-0.2, 0) is 6.54 Å². The molecule has 0 bridgehead atoms. The highest BCUT2D eigenvalue weighted by Gasteiger charge is 2.30. The fraction of sp³-hybridized carbons (Fsp3) is 0.300. The SMILES string of the molecule is O=c1c2cnn(-c3cnn(-c4ccccc4)c3)c2ncn1CC1(O)CCNCC1. The summed E-state index contributed by atoms with van der Waals surface area (Å²) >= 11 is 0. The number of aliphatic hydroxyl groups is 1. The quantitative estimate of drug-likeness (QED) is 0.535. The van der Waals surface area contributed by atoms with Crippen LogP contribution in [0, 0.1) is 0 Å². The van der Waals surface area contributed by atoms with E-state index in [9.17, 15) is 9.90 Å². The predicted molar refractivity (Wildman–Crippen MR) is 107 cm³/mol. The molecule has 1 fully saturated rings. The Morgan fingerprint density at radius 1 is 1.07 bits per heavy atom. The third-order valence-corrected chi connectivity index (χ3v) is 5.39. The molecule has 0 spiro atoms. The second-order valence-corrected chi connectivity index (χ2v) is 7.42. The van der Waals surface area contributed by atoms with Crippen LogP contribution in [0.15, 0.2) is 60.0 Å². The second kappa shape index (κ2) is 6.94. The van der Waals surface area contributed by atoms with E-state index in [-0.39, 0.29) is 12.1 Å². The van der Waals surface area contributed by atoms with Crippen molar-refractivity contribution in [3.8, 4) is 11.4 Å². The van der Waals surface area contributed by atoms with Crippen molar-refractivity contribution in [2.24, 2.45) is 0 Å². The molecule has 0 aliphatic carbocycles. The van der Waals surface area contributed by atoms with E-state index in [2.05, 4.69) is 20.5 Å². The summed E-state index contributed by atoms with van der Waals surface area (Å²) in [6.07, 6.45) is 7.75. The number of benzene rings is 1. The number of aromatic nitrogens is 6. The van der Waals surface area contributed by atoms with Gasteiger partial charge in [-0.1, -0.05) is 18.2 Å². The molecule has 5 rings (SSSR count). The van der Waals surface area contributed by atoms with E-state index >= 15 is 0 Å². The second-order valence-electron chi connectivity index (χ2n) is 7.42. The molecule has 148 valence electrons. The van der Waals surface area contributed by atoms with Crippen molar-refractivity contribution in [3.05, 3.63) is 65.6 Å². The Morgan fingerprint density at radius 2 is 1.86 bits per heavy atom. The molecule has 1 aromatic carbocycles. The van der Waals surface area contributed by atoms with E-state index < -0.39 is 5.60 Å². The Labute approximate surface area is 166 Å². The summed E-state index contributed by atoms with van der Waals surface area (Å²) in [7, 11) is 0. The van der Waals surface area contributed by atoms with Crippen molar-refractivity contribution in [2.45, 2.75) is 25.0 Å². The van der Waals surface area contributed by atoms with Crippen molar-refractivity contribution in [2.75, 3.05) is 13.1 Å². The van der Waals surface area contributed by atoms with Crippen LogP contribution in [0.5, 0.6) is 0 Å². The van der Waals surface area contributed by atoms with Gasteiger partial charge in [0.15, 0.2) is 5.65 Å². The van der Waals surface area contributed by atoms with Gasteiger partial charge in [-0.3, -0.25) is 9.36 Å². The lowest BCUT2D eigenvalue weighted by Crippen LogP contribution is -2.46. The molecule has 1 saturated heterocycles. The van der Waals surface area contributed by atoms with Gasteiger partial charge in [-0.2, -0.15) is 10.2 Å². The van der Waals surface area contributed by atoms with Gasteiger partial charge in [0.25, 0.3) is 5.56 Å². The van der Waals surface area contributed by atoms with Gasteiger partial charge < -0.3 is 10.4 Å². The van der Waals surface area contributed by atoms with Crippen LogP contribution in [0.3, 0.4) is 0 Å². The first-order valence-electron chi connectivity index (χ1n) is 9.60. The third kappa shape index (κ3) is 3.24. The zero-order valence-corrected chi connectivity index (χ0v) is 15.8. The van der Waals surface area contributed by atoms with Crippen molar-refractivity contribution in [3.63, 3.8) is 0 Å². The molecule has 1 aliphatic rings. The lowest BCUT2D eigenvalue weighted by atomic mass is 9.92. The highest BCUT2D eigenvalue weighted by molar-refractivity contribution is 5.74. The fourth-order valence-electron chi connectivity index (χ4n) is 3.76. The van der Waals surface area contributed by atoms with E-state index in [1.165, 1.54) is 17.1 Å². The molecule has 4 heterocycles. The summed E-state index contributed by atoms with van der Waals surface area (Å²) in [5.74, 6) is 0. The molecule has 9 nitrogen and oxygen atoms in total. The normalized spacial score (nSPS) is 16.3. The first-order valence-corrected chi connectivity index (χ1v) is 9.60. The Bertz CT molecular complexity index is 1200. The lowest BCUT2D eigenvalue weighted by Gasteiger charge is -2.32. The van der Waals surface area contributed by atoms with E-state index in [4.69, 9.17) is 0 Å². The molecule has 2 N–H and O–H groups in total. The lowest BCUT2D eigenvalue weighted by molar-refractivity contribution is -0.00627. The number of hydrogen-bond donors (Lipinski definition) is 2. The maximum Gasteiger partial charge on any atom is 0.264 e. The van der Waals surface area contributed by atoms with E-state index in [1.54, 1.807) is 15.6 Å². The number of hydrogen-bond acceptors (Lipinski definition) is 6. The fourth-order valence-corrected chi connectivity index (χ4v) is 3.76. The minimum Gasteiger partial charge on any atom is -0.388 e. The number of nitrogens with one attached hydrogen (secondary N) is 1. The average molecular weight is 391 g/mol. The monoisotopic (exact) mass is 391 g/mol. The third-order valence-electron chi connectivity index (χ3n) is 5.39. The molecular formula is C20H21N7O2. The van der Waals surface area contributed by atoms with E-state index in [0.717, 1.165) is 18.8 Å². The summed E-state index contributed by atoms with van der Waals surface area (Å²) in [4.78, 5) is 17.4. The number of fused-ring (bicyclic) bond motifs is 1. The summed E-state index contributed by atoms with van der Waals surface area (Å²) in [5.41, 5.74) is 1.02. The maximum absolute atomic E-state index is 12.9. The first kappa shape index (κ1) is 17.8. The first-order chi connectivity index (χ1) is 14.1. The zero-order chi connectivity index (χ0) is 19.8. The van der Waals surface area contributed by atoms with Crippen LogP contribution in [0.1, 0.15) is 12.8 Å². The number of piperidine rings is 1. The zero-order valence-electron chi connectivity index (χ0n) is 15.8. The Morgan fingerprint density at radius 3 is 2.66 bits per heavy atom. The molecule has 0 radical (unpaired) electrons. The molecule has 0 amide bonds. The van der Waals surface area contributed by atoms with E-state index in [1.807, 2.05) is 36.5 Å². The van der Waals surface area contributed by atoms with Crippen LogP contribution < -0.4 is 10.9 Å². The van der Waals surface area contributed by atoms with Gasteiger partial charge in [0.1, 0.15) is 17.4 Å². The van der Waals surface area contributed by atoms with Gasteiger partial charge >= 0.3 is 0 Å².